The Hall–Kier alpha value is -3.10. The van der Waals surface area contributed by atoms with E-state index in [-0.39, 0.29) is 17.9 Å². The van der Waals surface area contributed by atoms with Gasteiger partial charge in [-0.2, -0.15) is 4.98 Å². The Morgan fingerprint density at radius 3 is 2.49 bits per heavy atom. The number of para-hydroxylation sites is 1. The Balaban J connectivity index is 1.48. The minimum absolute atomic E-state index is 0.271. The number of amides is 2. The van der Waals surface area contributed by atoms with Crippen molar-refractivity contribution in [1.29, 1.82) is 0 Å². The number of urea groups is 1. The average molecular weight is 485 g/mol. The van der Waals surface area contributed by atoms with Gasteiger partial charge in [0.05, 0.1) is 12.1 Å². The van der Waals surface area contributed by atoms with Crippen LogP contribution in [0.2, 0.25) is 0 Å². The van der Waals surface area contributed by atoms with Crippen LogP contribution in [0.4, 0.5) is 16.6 Å². The first kappa shape index (κ1) is 26.5. The summed E-state index contributed by atoms with van der Waals surface area (Å²) < 4.78 is 5.10. The van der Waals surface area contributed by atoms with Gasteiger partial charge in [0.15, 0.2) is 0 Å². The van der Waals surface area contributed by atoms with E-state index in [1.807, 2.05) is 57.1 Å². The molecule has 0 aliphatic heterocycles. The number of carbonyl (C=O) groups is 2. The average Bonchev–Trinajstić information content (AvgIpc) is 2.82. The minimum Gasteiger partial charge on any atom is -0.464 e. The molecule has 1 aliphatic rings. The van der Waals surface area contributed by atoms with E-state index in [9.17, 15) is 9.59 Å². The van der Waals surface area contributed by atoms with Crippen LogP contribution in [0, 0.1) is 11.8 Å². The Kier molecular flexibility index (Phi) is 9.51. The van der Waals surface area contributed by atoms with Gasteiger partial charge in [0, 0.05) is 32.1 Å². The first-order valence-electron chi connectivity index (χ1n) is 12.7. The van der Waals surface area contributed by atoms with Crippen molar-refractivity contribution in [2.24, 2.45) is 11.8 Å². The molecule has 1 fully saturated rings. The number of ether oxygens (including phenoxy) is 1. The maximum Gasteiger partial charge on any atom is 0.328 e. The summed E-state index contributed by atoms with van der Waals surface area (Å²) in [6, 6.07) is 7.41. The molecular weight excluding hydrogens is 444 g/mol. The van der Waals surface area contributed by atoms with Gasteiger partial charge in [-0.3, -0.25) is 0 Å². The zero-order valence-electron chi connectivity index (χ0n) is 21.6. The standard InChI is InChI=1S/C26H40N6O3/c1-6-35-24(33)22(15-17(2)3)30-26(34)27-16-18-11-13-19(14-12-18)28-25-29-21-10-8-7-9-20(21)23(31-25)32(4)5/h7-10,17-19,22H,6,11-16H2,1-5H3,(H2,27,30,34)(H,28,29,31)/t18?,19?,22-/m0/s1. The first-order chi connectivity index (χ1) is 16.8. The number of anilines is 2. The number of hydrogen-bond donors (Lipinski definition) is 3. The van der Waals surface area contributed by atoms with Crippen LogP contribution in [0.3, 0.4) is 0 Å². The van der Waals surface area contributed by atoms with E-state index in [0.717, 1.165) is 42.4 Å². The molecule has 1 heterocycles. The van der Waals surface area contributed by atoms with Crippen LogP contribution in [0.25, 0.3) is 10.9 Å². The molecule has 9 nitrogen and oxygen atoms in total. The zero-order chi connectivity index (χ0) is 25.4. The summed E-state index contributed by atoms with van der Waals surface area (Å²) in [7, 11) is 3.98. The minimum atomic E-state index is -0.621. The number of fused-ring (bicyclic) bond motifs is 1. The van der Waals surface area contributed by atoms with Gasteiger partial charge in [0.2, 0.25) is 5.95 Å². The van der Waals surface area contributed by atoms with Crippen molar-refractivity contribution >= 4 is 34.7 Å². The fourth-order valence-electron chi connectivity index (χ4n) is 4.53. The number of benzene rings is 1. The SMILES string of the molecule is CCOC(=O)[C@H](CC(C)C)NC(=O)NCC1CCC(Nc2nc(N(C)C)c3ccccc3n2)CC1. The maximum absolute atomic E-state index is 12.4. The number of nitrogens with zero attached hydrogens (tertiary/aromatic N) is 3. The molecule has 1 aromatic carbocycles. The van der Waals surface area contributed by atoms with E-state index in [0.29, 0.717) is 37.5 Å². The summed E-state index contributed by atoms with van der Waals surface area (Å²) in [6.07, 6.45) is 4.52. The third kappa shape index (κ3) is 7.70. The third-order valence-electron chi connectivity index (χ3n) is 6.32. The Morgan fingerprint density at radius 2 is 1.83 bits per heavy atom. The highest BCUT2D eigenvalue weighted by Crippen LogP contribution is 2.28. The number of carbonyl (C=O) groups excluding carboxylic acids is 2. The van der Waals surface area contributed by atoms with E-state index in [1.165, 1.54) is 0 Å². The summed E-state index contributed by atoms with van der Waals surface area (Å²) in [4.78, 5) is 36.0. The second-order valence-corrected chi connectivity index (χ2v) is 9.93. The summed E-state index contributed by atoms with van der Waals surface area (Å²) >= 11 is 0. The van der Waals surface area contributed by atoms with E-state index in [2.05, 4.69) is 16.0 Å². The number of hydrogen-bond acceptors (Lipinski definition) is 7. The highest BCUT2D eigenvalue weighted by atomic mass is 16.5. The highest BCUT2D eigenvalue weighted by Gasteiger charge is 2.25. The molecule has 1 atom stereocenters. The van der Waals surface area contributed by atoms with Gasteiger partial charge in [-0.15, -0.1) is 0 Å². The van der Waals surface area contributed by atoms with E-state index >= 15 is 0 Å². The predicted octanol–water partition coefficient (Wildman–Crippen LogP) is 3.94. The fraction of sp³-hybridized carbons (Fsp3) is 0.615. The summed E-state index contributed by atoms with van der Waals surface area (Å²) in [5, 5.41) is 10.3. The second kappa shape index (κ2) is 12.6. The molecule has 2 amide bonds. The van der Waals surface area contributed by atoms with Gasteiger partial charge in [0.25, 0.3) is 0 Å². The highest BCUT2D eigenvalue weighted by molar-refractivity contribution is 5.90. The molecule has 0 saturated heterocycles. The lowest BCUT2D eigenvalue weighted by atomic mass is 9.86. The van der Waals surface area contributed by atoms with E-state index in [1.54, 1.807) is 6.92 Å². The fourth-order valence-corrected chi connectivity index (χ4v) is 4.53. The number of aromatic nitrogens is 2. The number of esters is 1. The van der Waals surface area contributed by atoms with Crippen molar-refractivity contribution in [3.63, 3.8) is 0 Å². The van der Waals surface area contributed by atoms with Gasteiger partial charge in [-0.05, 0) is 63.0 Å². The molecule has 1 aromatic heterocycles. The summed E-state index contributed by atoms with van der Waals surface area (Å²) in [6.45, 7) is 6.69. The summed E-state index contributed by atoms with van der Waals surface area (Å²) in [5.74, 6) is 1.85. The molecule has 3 N–H and O–H groups in total. The van der Waals surface area contributed by atoms with Crippen LogP contribution in [0.15, 0.2) is 24.3 Å². The quantitative estimate of drug-likeness (QED) is 0.438. The Bertz CT molecular complexity index is 988. The molecule has 0 spiro atoms. The van der Waals surface area contributed by atoms with Crippen LogP contribution >= 0.6 is 0 Å². The van der Waals surface area contributed by atoms with Gasteiger partial charge in [-0.1, -0.05) is 26.0 Å². The molecule has 3 rings (SSSR count). The van der Waals surface area contributed by atoms with Crippen LogP contribution in [0.5, 0.6) is 0 Å². The normalized spacial score (nSPS) is 18.7. The Labute approximate surface area is 208 Å². The zero-order valence-corrected chi connectivity index (χ0v) is 21.6. The van der Waals surface area contributed by atoms with Crippen molar-refractivity contribution in [1.82, 2.24) is 20.6 Å². The number of nitrogens with one attached hydrogen (secondary N) is 3. The topological polar surface area (TPSA) is 108 Å². The predicted molar refractivity (Wildman–Crippen MR) is 140 cm³/mol. The third-order valence-corrected chi connectivity index (χ3v) is 6.32. The Morgan fingerprint density at radius 1 is 1.11 bits per heavy atom. The largest absolute Gasteiger partial charge is 0.464 e. The van der Waals surface area contributed by atoms with Crippen LogP contribution in [-0.2, 0) is 9.53 Å². The maximum atomic E-state index is 12.4. The van der Waals surface area contributed by atoms with Crippen LogP contribution in [-0.4, -0.2) is 61.3 Å². The van der Waals surface area contributed by atoms with Crippen molar-refractivity contribution < 1.29 is 14.3 Å². The van der Waals surface area contributed by atoms with E-state index in [4.69, 9.17) is 14.7 Å². The van der Waals surface area contributed by atoms with Crippen LogP contribution in [0.1, 0.15) is 52.9 Å². The van der Waals surface area contributed by atoms with Gasteiger partial charge < -0.3 is 25.6 Å². The van der Waals surface area contributed by atoms with Crippen molar-refractivity contribution in [2.75, 3.05) is 37.5 Å². The molecule has 0 bridgehead atoms. The molecule has 192 valence electrons. The van der Waals surface area contributed by atoms with Gasteiger partial charge >= 0.3 is 12.0 Å². The molecule has 35 heavy (non-hydrogen) atoms. The molecule has 1 aliphatic carbocycles. The van der Waals surface area contributed by atoms with Crippen molar-refractivity contribution in [3.8, 4) is 0 Å². The lowest BCUT2D eigenvalue weighted by Crippen LogP contribution is -2.48. The molecule has 0 radical (unpaired) electrons. The first-order valence-corrected chi connectivity index (χ1v) is 12.7. The van der Waals surface area contributed by atoms with Crippen LogP contribution < -0.4 is 20.9 Å². The molecule has 1 saturated carbocycles. The second-order valence-electron chi connectivity index (χ2n) is 9.93. The van der Waals surface area contributed by atoms with Gasteiger partial charge in [0.1, 0.15) is 11.9 Å². The number of rotatable bonds is 10. The summed E-state index contributed by atoms with van der Waals surface area (Å²) in [5.41, 5.74) is 0.927. The lowest BCUT2D eigenvalue weighted by molar-refractivity contribution is -0.145. The van der Waals surface area contributed by atoms with E-state index < -0.39 is 6.04 Å². The molecule has 0 unspecified atom stereocenters. The smallest absolute Gasteiger partial charge is 0.328 e. The molecule has 2 aromatic rings. The van der Waals surface area contributed by atoms with Crippen molar-refractivity contribution in [3.05, 3.63) is 24.3 Å². The molecule has 9 heteroatoms. The van der Waals surface area contributed by atoms with Gasteiger partial charge in [-0.25, -0.2) is 14.6 Å². The molecular formula is C26H40N6O3. The monoisotopic (exact) mass is 484 g/mol. The lowest BCUT2D eigenvalue weighted by Gasteiger charge is -2.29. The van der Waals surface area contributed by atoms with Crippen molar-refractivity contribution in [2.45, 2.75) is 65.0 Å².